The average Bonchev–Trinajstić information content (AvgIpc) is 3.28. The average molecular weight is 520 g/mol. The van der Waals surface area contributed by atoms with Crippen molar-refractivity contribution in [3.63, 3.8) is 0 Å². The Labute approximate surface area is 222 Å². The fourth-order valence-electron chi connectivity index (χ4n) is 4.40. The van der Waals surface area contributed by atoms with E-state index in [0.717, 1.165) is 22.5 Å². The number of nitrogens with zero attached hydrogens (tertiary/aromatic N) is 3. The van der Waals surface area contributed by atoms with Crippen LogP contribution in [0.2, 0.25) is 0 Å². The van der Waals surface area contributed by atoms with E-state index in [2.05, 4.69) is 4.90 Å². The smallest absolute Gasteiger partial charge is 0.306 e. The van der Waals surface area contributed by atoms with Gasteiger partial charge in [0.2, 0.25) is 0 Å². The summed E-state index contributed by atoms with van der Waals surface area (Å²) in [7, 11) is 3.21. The first-order valence-electron chi connectivity index (χ1n) is 12.5. The zero-order valence-corrected chi connectivity index (χ0v) is 21.7. The highest BCUT2D eigenvalue weighted by atomic mass is 16.5. The monoisotopic (exact) mass is 519 g/mol. The lowest BCUT2D eigenvalue weighted by atomic mass is 10.0. The molecule has 4 rings (SSSR count). The van der Waals surface area contributed by atoms with Gasteiger partial charge in [-0.05, 0) is 41.8 Å². The summed E-state index contributed by atoms with van der Waals surface area (Å²) in [5.41, 5.74) is 10.3. The van der Waals surface area contributed by atoms with Crippen molar-refractivity contribution < 1.29 is 23.9 Å². The summed E-state index contributed by atoms with van der Waals surface area (Å²) >= 11 is 0. The van der Waals surface area contributed by atoms with E-state index < -0.39 is 5.97 Å². The number of rotatable bonds is 9. The Kier molecular flexibility index (Phi) is 8.42. The largest absolute Gasteiger partial charge is 0.456 e. The van der Waals surface area contributed by atoms with Crippen LogP contribution in [0.5, 0.6) is 0 Å². The van der Waals surface area contributed by atoms with Crippen molar-refractivity contribution in [2.24, 2.45) is 5.73 Å². The van der Waals surface area contributed by atoms with E-state index in [1.165, 1.54) is 4.90 Å². The molecule has 3 N–H and O–H groups in total. The molecule has 1 fully saturated rings. The Morgan fingerprint density at radius 1 is 1.05 bits per heavy atom. The minimum absolute atomic E-state index is 0.0208. The standard InChI is InChI=1S/C28H33N5O5/c1-31(2)24(34)18-38-25(35)12-5-19-3-6-20(7-4-19)26-23(32-13-15-37-16-14-32)17-33(28(26)36)22-10-8-21(9-11-22)27(29)30/h3-4,6-11H,5,12-18H2,1-2H3,(H3,29,30). The summed E-state index contributed by atoms with van der Waals surface area (Å²) in [6.45, 7) is 2.80. The van der Waals surface area contributed by atoms with Crippen molar-refractivity contribution >= 4 is 34.9 Å². The van der Waals surface area contributed by atoms with Gasteiger partial charge in [0.25, 0.3) is 11.8 Å². The Bertz CT molecular complexity index is 1230. The van der Waals surface area contributed by atoms with Gasteiger partial charge in [0.05, 0.1) is 25.3 Å². The molecule has 38 heavy (non-hydrogen) atoms. The SMILES string of the molecule is CN(C)C(=O)COC(=O)CCc1ccc(C2=C(N3CCOCC3)CN(c3ccc(C(=N)N)cc3)C2=O)cc1. The maximum Gasteiger partial charge on any atom is 0.306 e. The predicted octanol–water partition coefficient (Wildman–Crippen LogP) is 1.62. The summed E-state index contributed by atoms with van der Waals surface area (Å²) in [5, 5.41) is 7.62. The Morgan fingerprint density at radius 2 is 1.71 bits per heavy atom. The van der Waals surface area contributed by atoms with Crippen LogP contribution in [0.3, 0.4) is 0 Å². The number of amides is 2. The third kappa shape index (κ3) is 6.20. The van der Waals surface area contributed by atoms with Gasteiger partial charge >= 0.3 is 5.97 Å². The molecule has 200 valence electrons. The molecule has 1 saturated heterocycles. The maximum absolute atomic E-state index is 13.7. The number of aryl methyl sites for hydroxylation is 1. The highest BCUT2D eigenvalue weighted by Crippen LogP contribution is 2.34. The lowest BCUT2D eigenvalue weighted by Crippen LogP contribution is -2.37. The van der Waals surface area contributed by atoms with Gasteiger partial charge in [0, 0.05) is 50.6 Å². The number of esters is 1. The first-order valence-corrected chi connectivity index (χ1v) is 12.5. The first-order chi connectivity index (χ1) is 18.2. The van der Waals surface area contributed by atoms with Gasteiger partial charge in [-0.3, -0.25) is 19.8 Å². The van der Waals surface area contributed by atoms with Crippen molar-refractivity contribution in [2.75, 3.05) is 58.5 Å². The molecule has 2 aliphatic rings. The second kappa shape index (κ2) is 11.9. The lowest BCUT2D eigenvalue weighted by molar-refractivity contribution is -0.151. The molecule has 10 nitrogen and oxygen atoms in total. The molecule has 2 aromatic carbocycles. The van der Waals surface area contributed by atoms with Crippen molar-refractivity contribution in [3.8, 4) is 0 Å². The van der Waals surface area contributed by atoms with E-state index >= 15 is 0 Å². The summed E-state index contributed by atoms with van der Waals surface area (Å²) in [4.78, 5) is 42.6. The summed E-state index contributed by atoms with van der Waals surface area (Å²) < 4.78 is 10.6. The first kappa shape index (κ1) is 26.9. The zero-order valence-electron chi connectivity index (χ0n) is 21.7. The number of carbonyl (C=O) groups excluding carboxylic acids is 3. The molecule has 0 bridgehead atoms. The van der Waals surface area contributed by atoms with Gasteiger partial charge < -0.3 is 29.9 Å². The van der Waals surface area contributed by atoms with Crippen LogP contribution in [0.25, 0.3) is 5.57 Å². The second-order valence-corrected chi connectivity index (χ2v) is 9.42. The van der Waals surface area contributed by atoms with Crippen LogP contribution in [0.1, 0.15) is 23.1 Å². The number of morpholine rings is 1. The van der Waals surface area contributed by atoms with Crippen molar-refractivity contribution in [1.29, 1.82) is 5.41 Å². The predicted molar refractivity (Wildman–Crippen MR) is 144 cm³/mol. The molecule has 2 amide bonds. The van der Waals surface area contributed by atoms with Crippen molar-refractivity contribution in [1.82, 2.24) is 9.80 Å². The molecule has 2 heterocycles. The number of likely N-dealkylation sites (N-methyl/N-ethyl adjacent to an activating group) is 1. The van der Waals surface area contributed by atoms with Crippen LogP contribution in [0.4, 0.5) is 5.69 Å². The van der Waals surface area contributed by atoms with E-state index in [4.69, 9.17) is 20.6 Å². The van der Waals surface area contributed by atoms with Gasteiger partial charge in [-0.25, -0.2) is 0 Å². The van der Waals surface area contributed by atoms with Crippen molar-refractivity contribution in [3.05, 3.63) is 70.9 Å². The molecule has 0 radical (unpaired) electrons. The number of anilines is 1. The third-order valence-corrected chi connectivity index (χ3v) is 6.65. The number of nitrogens with two attached hydrogens (primary N) is 1. The number of carbonyl (C=O) groups is 3. The van der Waals surface area contributed by atoms with Crippen LogP contribution >= 0.6 is 0 Å². The molecule has 10 heteroatoms. The molecule has 0 aromatic heterocycles. The van der Waals surface area contributed by atoms with E-state index in [9.17, 15) is 14.4 Å². The fraction of sp³-hybridized carbons (Fsp3) is 0.357. The van der Waals surface area contributed by atoms with Crippen LogP contribution in [-0.4, -0.2) is 87.0 Å². The highest BCUT2D eigenvalue weighted by Gasteiger charge is 2.35. The molecule has 2 aromatic rings. The molecule has 0 unspecified atom stereocenters. The van der Waals surface area contributed by atoms with Gasteiger partial charge in [-0.1, -0.05) is 24.3 Å². The number of nitrogen functional groups attached to an aromatic ring is 1. The summed E-state index contributed by atoms with van der Waals surface area (Å²) in [6, 6.07) is 14.7. The molecule has 0 aliphatic carbocycles. The van der Waals surface area contributed by atoms with E-state index in [0.29, 0.717) is 50.4 Å². The minimum Gasteiger partial charge on any atom is -0.456 e. The topological polar surface area (TPSA) is 129 Å². The lowest BCUT2D eigenvalue weighted by Gasteiger charge is -2.30. The van der Waals surface area contributed by atoms with Gasteiger partial charge in [-0.2, -0.15) is 0 Å². The number of benzene rings is 2. The van der Waals surface area contributed by atoms with Crippen LogP contribution < -0.4 is 10.6 Å². The number of ether oxygens (including phenoxy) is 2. The molecular weight excluding hydrogens is 486 g/mol. The minimum atomic E-state index is -0.431. The van der Waals surface area contributed by atoms with Gasteiger partial charge in [0.15, 0.2) is 6.61 Å². The second-order valence-electron chi connectivity index (χ2n) is 9.42. The number of nitrogens with one attached hydrogen (secondary N) is 1. The molecule has 2 aliphatic heterocycles. The Balaban J connectivity index is 1.49. The highest BCUT2D eigenvalue weighted by molar-refractivity contribution is 6.29. The van der Waals surface area contributed by atoms with Crippen LogP contribution in [-0.2, 0) is 30.3 Å². The maximum atomic E-state index is 13.7. The molecule has 0 spiro atoms. The Hall–Kier alpha value is -4.18. The molecule has 0 saturated carbocycles. The van der Waals surface area contributed by atoms with Gasteiger partial charge in [0.1, 0.15) is 5.84 Å². The van der Waals surface area contributed by atoms with Crippen molar-refractivity contribution in [2.45, 2.75) is 12.8 Å². The Morgan fingerprint density at radius 3 is 2.32 bits per heavy atom. The molecule has 0 atom stereocenters. The van der Waals surface area contributed by atoms with Crippen LogP contribution in [0.15, 0.2) is 54.2 Å². The number of hydrogen-bond acceptors (Lipinski definition) is 7. The third-order valence-electron chi connectivity index (χ3n) is 6.65. The summed E-state index contributed by atoms with van der Waals surface area (Å²) in [5.74, 6) is -0.812. The van der Waals surface area contributed by atoms with E-state index in [-0.39, 0.29) is 30.7 Å². The number of amidine groups is 1. The normalized spacial score (nSPS) is 15.6. The summed E-state index contributed by atoms with van der Waals surface area (Å²) in [6.07, 6.45) is 0.623. The quantitative estimate of drug-likeness (QED) is 0.293. The zero-order chi connectivity index (χ0) is 27.2. The van der Waals surface area contributed by atoms with E-state index in [1.807, 2.05) is 36.4 Å². The van der Waals surface area contributed by atoms with E-state index in [1.54, 1.807) is 31.1 Å². The molecular formula is C28H33N5O5. The van der Waals surface area contributed by atoms with Gasteiger partial charge in [-0.15, -0.1) is 0 Å². The number of hydrogen-bond donors (Lipinski definition) is 2. The fourth-order valence-corrected chi connectivity index (χ4v) is 4.40. The van der Waals surface area contributed by atoms with Crippen LogP contribution in [0, 0.1) is 5.41 Å².